The zero-order chi connectivity index (χ0) is 12.5. The molecule has 0 saturated heterocycles. The van der Waals surface area contributed by atoms with Gasteiger partial charge in [0.05, 0.1) is 0 Å². The van der Waals surface area contributed by atoms with Crippen molar-refractivity contribution < 1.29 is 4.79 Å². The highest BCUT2D eigenvalue weighted by molar-refractivity contribution is 5.99. The number of rotatable bonds is 2. The Morgan fingerprint density at radius 2 is 1.89 bits per heavy atom. The van der Waals surface area contributed by atoms with Gasteiger partial charge in [-0.2, -0.15) is 0 Å². The third kappa shape index (κ3) is 1.93. The number of carbonyl (C=O) groups is 1. The zero-order valence-electron chi connectivity index (χ0n) is 10.6. The monoisotopic (exact) mass is 244 g/mol. The zero-order valence-corrected chi connectivity index (χ0v) is 10.6. The van der Waals surface area contributed by atoms with Gasteiger partial charge in [0.1, 0.15) is 6.17 Å². The summed E-state index contributed by atoms with van der Waals surface area (Å²) >= 11 is 0. The average molecular weight is 244 g/mol. The van der Waals surface area contributed by atoms with Crippen molar-refractivity contribution in [2.75, 3.05) is 6.54 Å². The van der Waals surface area contributed by atoms with Crippen molar-refractivity contribution in [2.24, 2.45) is 11.7 Å². The molecule has 1 atom stereocenters. The summed E-state index contributed by atoms with van der Waals surface area (Å²) in [6, 6.07) is 7.72. The fourth-order valence-corrected chi connectivity index (χ4v) is 3.24. The first kappa shape index (κ1) is 11.7. The molecule has 1 aliphatic carbocycles. The van der Waals surface area contributed by atoms with Gasteiger partial charge in [-0.25, -0.2) is 0 Å². The normalized spacial score (nSPS) is 24.4. The fraction of sp³-hybridized carbons (Fsp3) is 0.533. The highest BCUT2D eigenvalue weighted by Gasteiger charge is 2.35. The second-order valence-electron chi connectivity index (χ2n) is 5.49. The van der Waals surface area contributed by atoms with Gasteiger partial charge in [-0.05, 0) is 24.8 Å². The second kappa shape index (κ2) is 4.73. The van der Waals surface area contributed by atoms with E-state index in [9.17, 15) is 4.79 Å². The lowest BCUT2D eigenvalue weighted by Gasteiger charge is -2.29. The molecule has 0 aromatic heterocycles. The minimum Gasteiger partial charge on any atom is -0.319 e. The smallest absolute Gasteiger partial charge is 0.255 e. The maximum absolute atomic E-state index is 12.3. The maximum Gasteiger partial charge on any atom is 0.255 e. The number of carbonyl (C=O) groups excluding carboxylic acids is 1. The lowest BCUT2D eigenvalue weighted by Crippen LogP contribution is -2.37. The summed E-state index contributed by atoms with van der Waals surface area (Å²) in [6.07, 6.45) is 6.19. The van der Waals surface area contributed by atoms with Gasteiger partial charge in [0.25, 0.3) is 5.91 Å². The number of nitrogens with zero attached hydrogens (tertiary/aromatic N) is 1. The van der Waals surface area contributed by atoms with E-state index in [1.165, 1.54) is 32.1 Å². The molecular weight excluding hydrogens is 224 g/mol. The van der Waals surface area contributed by atoms with Crippen LogP contribution in [0.25, 0.3) is 0 Å². The molecule has 3 rings (SSSR count). The molecule has 2 aliphatic rings. The fourth-order valence-electron chi connectivity index (χ4n) is 3.24. The first-order valence-electron chi connectivity index (χ1n) is 6.93. The van der Waals surface area contributed by atoms with Crippen LogP contribution in [0.3, 0.4) is 0 Å². The van der Waals surface area contributed by atoms with Crippen molar-refractivity contribution in [3.8, 4) is 0 Å². The van der Waals surface area contributed by atoms with E-state index >= 15 is 0 Å². The molecule has 0 radical (unpaired) electrons. The highest BCUT2D eigenvalue weighted by Crippen LogP contribution is 2.33. The number of hydrogen-bond donors (Lipinski definition) is 1. The Balaban J connectivity index is 1.77. The second-order valence-corrected chi connectivity index (χ2v) is 5.49. The largest absolute Gasteiger partial charge is 0.319 e. The van der Waals surface area contributed by atoms with Crippen molar-refractivity contribution in [1.29, 1.82) is 0 Å². The minimum absolute atomic E-state index is 0.115. The Labute approximate surface area is 108 Å². The van der Waals surface area contributed by atoms with Crippen LogP contribution in [0.15, 0.2) is 24.3 Å². The van der Waals surface area contributed by atoms with Gasteiger partial charge in [-0.3, -0.25) is 4.79 Å². The van der Waals surface area contributed by atoms with Crippen molar-refractivity contribution in [2.45, 2.75) is 38.3 Å². The predicted molar refractivity (Wildman–Crippen MR) is 71.0 cm³/mol. The molecular formula is C15H20N2O. The molecule has 1 fully saturated rings. The standard InChI is InChI=1S/C15H20N2O/c16-14-12-8-4-5-9-13(12)15(18)17(14)10-11-6-2-1-3-7-11/h4-5,8-9,11,14H,1-3,6-7,10,16H2. The van der Waals surface area contributed by atoms with Crippen LogP contribution in [0.2, 0.25) is 0 Å². The molecule has 1 aromatic carbocycles. The van der Waals surface area contributed by atoms with Crippen molar-refractivity contribution in [3.05, 3.63) is 35.4 Å². The molecule has 1 aliphatic heterocycles. The number of amides is 1. The molecule has 3 heteroatoms. The Kier molecular flexibility index (Phi) is 3.08. The van der Waals surface area contributed by atoms with Crippen LogP contribution < -0.4 is 5.73 Å². The Bertz CT molecular complexity index is 452. The quantitative estimate of drug-likeness (QED) is 0.869. The molecule has 1 amide bonds. The molecule has 1 unspecified atom stereocenters. The van der Waals surface area contributed by atoms with Crippen LogP contribution in [-0.2, 0) is 0 Å². The van der Waals surface area contributed by atoms with E-state index in [1.54, 1.807) is 0 Å². The average Bonchev–Trinajstić information content (AvgIpc) is 2.66. The van der Waals surface area contributed by atoms with E-state index in [0.717, 1.165) is 17.7 Å². The lowest BCUT2D eigenvalue weighted by molar-refractivity contribution is 0.0678. The maximum atomic E-state index is 12.3. The summed E-state index contributed by atoms with van der Waals surface area (Å²) in [5, 5.41) is 0. The van der Waals surface area contributed by atoms with Gasteiger partial charge in [0.15, 0.2) is 0 Å². The first-order chi connectivity index (χ1) is 8.77. The van der Waals surface area contributed by atoms with Gasteiger partial charge in [-0.15, -0.1) is 0 Å². The molecule has 1 aromatic rings. The lowest BCUT2D eigenvalue weighted by atomic mass is 9.89. The summed E-state index contributed by atoms with van der Waals surface area (Å²) < 4.78 is 0. The molecule has 1 heterocycles. The Hall–Kier alpha value is -1.35. The van der Waals surface area contributed by atoms with E-state index < -0.39 is 0 Å². The minimum atomic E-state index is -0.240. The third-order valence-electron chi connectivity index (χ3n) is 4.29. The Morgan fingerprint density at radius 3 is 2.61 bits per heavy atom. The summed E-state index contributed by atoms with van der Waals surface area (Å²) in [4.78, 5) is 14.2. The van der Waals surface area contributed by atoms with Gasteiger partial charge in [0, 0.05) is 17.7 Å². The summed E-state index contributed by atoms with van der Waals surface area (Å²) in [6.45, 7) is 0.828. The SMILES string of the molecule is NC1c2ccccc2C(=O)N1CC1CCCCC1. The summed E-state index contributed by atoms with van der Waals surface area (Å²) in [5.41, 5.74) is 7.98. The number of nitrogens with two attached hydrogens (primary N) is 1. The number of benzene rings is 1. The van der Waals surface area contributed by atoms with Gasteiger partial charge in [-0.1, -0.05) is 37.5 Å². The molecule has 0 bridgehead atoms. The van der Waals surface area contributed by atoms with Crippen LogP contribution in [0.4, 0.5) is 0 Å². The third-order valence-corrected chi connectivity index (χ3v) is 4.29. The van der Waals surface area contributed by atoms with Gasteiger partial charge in [0.2, 0.25) is 0 Å². The molecule has 96 valence electrons. The molecule has 18 heavy (non-hydrogen) atoms. The van der Waals surface area contributed by atoms with Gasteiger partial charge >= 0.3 is 0 Å². The molecule has 0 spiro atoms. The van der Waals surface area contributed by atoms with Crippen LogP contribution in [0, 0.1) is 5.92 Å². The van der Waals surface area contributed by atoms with E-state index in [0.29, 0.717) is 5.92 Å². The number of hydrogen-bond acceptors (Lipinski definition) is 2. The Morgan fingerprint density at radius 1 is 1.17 bits per heavy atom. The molecule has 1 saturated carbocycles. The van der Waals surface area contributed by atoms with Crippen molar-refractivity contribution >= 4 is 5.91 Å². The summed E-state index contributed by atoms with van der Waals surface area (Å²) in [7, 11) is 0. The van der Waals surface area contributed by atoms with Crippen LogP contribution in [0.5, 0.6) is 0 Å². The van der Waals surface area contributed by atoms with E-state index in [2.05, 4.69) is 0 Å². The van der Waals surface area contributed by atoms with E-state index in [4.69, 9.17) is 5.73 Å². The van der Waals surface area contributed by atoms with Crippen LogP contribution in [-0.4, -0.2) is 17.4 Å². The summed E-state index contributed by atoms with van der Waals surface area (Å²) in [5.74, 6) is 0.756. The molecule has 3 nitrogen and oxygen atoms in total. The van der Waals surface area contributed by atoms with E-state index in [-0.39, 0.29) is 12.1 Å². The van der Waals surface area contributed by atoms with Crippen molar-refractivity contribution in [1.82, 2.24) is 4.90 Å². The van der Waals surface area contributed by atoms with E-state index in [1.807, 2.05) is 29.2 Å². The van der Waals surface area contributed by atoms with Crippen LogP contribution >= 0.6 is 0 Å². The first-order valence-corrected chi connectivity index (χ1v) is 6.93. The topological polar surface area (TPSA) is 46.3 Å². The van der Waals surface area contributed by atoms with Crippen molar-refractivity contribution in [3.63, 3.8) is 0 Å². The predicted octanol–water partition coefficient (Wildman–Crippen LogP) is 2.68. The number of fused-ring (bicyclic) bond motifs is 1. The highest BCUT2D eigenvalue weighted by atomic mass is 16.2. The van der Waals surface area contributed by atoms with Gasteiger partial charge < -0.3 is 10.6 Å². The molecule has 2 N–H and O–H groups in total. The van der Waals surface area contributed by atoms with Crippen LogP contribution in [0.1, 0.15) is 54.2 Å².